The minimum Gasteiger partial charge on any atom is -0.264 e. The molecule has 0 saturated heterocycles. The highest BCUT2D eigenvalue weighted by molar-refractivity contribution is 5.59. The minimum atomic E-state index is 0.185. The topological polar surface area (TPSA) is 20.0 Å². The summed E-state index contributed by atoms with van der Waals surface area (Å²) in [6.45, 7) is 2.21. The standard InChI is InChI=1S/C19H20N3/c1-16(17-9-8-13-20-15-17)22(18-10-4-3-5-11-18)19-12-6-7-14-21(19)2/h3-16H,1-2H3/q+1/t16-/m0/s1. The lowest BCUT2D eigenvalue weighted by atomic mass is 10.1. The zero-order valence-electron chi connectivity index (χ0n) is 12.9. The second-order valence-electron chi connectivity index (χ2n) is 5.34. The molecule has 2 aromatic heterocycles. The number of pyridine rings is 2. The molecule has 0 aliphatic heterocycles. The van der Waals surface area contributed by atoms with Gasteiger partial charge in [-0.1, -0.05) is 30.3 Å². The van der Waals surface area contributed by atoms with E-state index < -0.39 is 0 Å². The molecule has 0 saturated carbocycles. The highest BCUT2D eigenvalue weighted by Crippen LogP contribution is 2.32. The number of benzene rings is 1. The van der Waals surface area contributed by atoms with E-state index in [4.69, 9.17) is 0 Å². The summed E-state index contributed by atoms with van der Waals surface area (Å²) in [6, 6.07) is 21.0. The summed E-state index contributed by atoms with van der Waals surface area (Å²) in [7, 11) is 2.07. The van der Waals surface area contributed by atoms with Gasteiger partial charge in [-0.3, -0.25) is 4.98 Å². The van der Waals surface area contributed by atoms with Crippen LogP contribution in [0.25, 0.3) is 0 Å². The van der Waals surface area contributed by atoms with Gasteiger partial charge in [0.25, 0.3) is 5.82 Å². The van der Waals surface area contributed by atoms with Crippen molar-refractivity contribution in [2.45, 2.75) is 13.0 Å². The first-order chi connectivity index (χ1) is 10.8. The molecule has 2 heterocycles. The Labute approximate surface area is 131 Å². The number of rotatable bonds is 4. The van der Waals surface area contributed by atoms with Crippen LogP contribution >= 0.6 is 0 Å². The molecular formula is C19H20N3+. The van der Waals surface area contributed by atoms with Crippen LogP contribution < -0.4 is 9.47 Å². The quantitative estimate of drug-likeness (QED) is 0.681. The smallest absolute Gasteiger partial charge is 0.264 e. The second-order valence-corrected chi connectivity index (χ2v) is 5.34. The number of hydrogen-bond donors (Lipinski definition) is 0. The highest BCUT2D eigenvalue weighted by atomic mass is 15.2. The Morgan fingerprint density at radius 3 is 2.41 bits per heavy atom. The number of nitrogens with zero attached hydrogens (tertiary/aromatic N) is 3. The van der Waals surface area contributed by atoms with Crippen LogP contribution in [-0.4, -0.2) is 4.98 Å². The molecule has 0 aliphatic rings. The highest BCUT2D eigenvalue weighted by Gasteiger charge is 2.27. The molecule has 0 fully saturated rings. The number of para-hydroxylation sites is 1. The van der Waals surface area contributed by atoms with Crippen molar-refractivity contribution in [1.82, 2.24) is 4.98 Å². The summed E-state index contributed by atoms with van der Waals surface area (Å²) in [5, 5.41) is 0. The van der Waals surface area contributed by atoms with Crippen molar-refractivity contribution in [2.75, 3.05) is 4.90 Å². The van der Waals surface area contributed by atoms with E-state index in [1.54, 1.807) is 0 Å². The van der Waals surface area contributed by atoms with E-state index in [0.29, 0.717) is 0 Å². The third-order valence-corrected chi connectivity index (χ3v) is 3.86. The molecule has 0 aliphatic carbocycles. The summed E-state index contributed by atoms with van der Waals surface area (Å²) in [4.78, 5) is 6.59. The van der Waals surface area contributed by atoms with Crippen molar-refractivity contribution < 1.29 is 4.57 Å². The lowest BCUT2D eigenvalue weighted by molar-refractivity contribution is -0.658. The van der Waals surface area contributed by atoms with Gasteiger partial charge in [-0.25, -0.2) is 9.47 Å². The van der Waals surface area contributed by atoms with E-state index in [0.717, 1.165) is 5.82 Å². The van der Waals surface area contributed by atoms with E-state index in [2.05, 4.69) is 77.1 Å². The fraction of sp³-hybridized carbons (Fsp3) is 0.158. The molecule has 1 atom stereocenters. The summed E-state index contributed by atoms with van der Waals surface area (Å²) in [5.74, 6) is 1.14. The zero-order chi connectivity index (χ0) is 15.4. The molecule has 0 unspecified atom stereocenters. The van der Waals surface area contributed by atoms with Gasteiger partial charge >= 0.3 is 0 Å². The fourth-order valence-electron chi connectivity index (χ4n) is 2.68. The maximum atomic E-state index is 4.26. The van der Waals surface area contributed by atoms with E-state index >= 15 is 0 Å². The van der Waals surface area contributed by atoms with Gasteiger partial charge in [-0.15, -0.1) is 0 Å². The van der Waals surface area contributed by atoms with Crippen molar-refractivity contribution >= 4 is 11.5 Å². The fourth-order valence-corrected chi connectivity index (χ4v) is 2.68. The third-order valence-electron chi connectivity index (χ3n) is 3.86. The molecule has 22 heavy (non-hydrogen) atoms. The molecule has 3 nitrogen and oxygen atoms in total. The second kappa shape index (κ2) is 6.39. The first kappa shape index (κ1) is 14.3. The molecular weight excluding hydrogens is 270 g/mol. The van der Waals surface area contributed by atoms with Crippen LogP contribution in [0.4, 0.5) is 11.5 Å². The van der Waals surface area contributed by atoms with Gasteiger partial charge in [0.2, 0.25) is 0 Å². The van der Waals surface area contributed by atoms with E-state index in [1.807, 2.05) is 30.6 Å². The van der Waals surface area contributed by atoms with Crippen LogP contribution in [-0.2, 0) is 7.05 Å². The Hall–Kier alpha value is -2.68. The summed E-state index contributed by atoms with van der Waals surface area (Å²) < 4.78 is 2.14. The molecule has 0 spiro atoms. The molecule has 110 valence electrons. The largest absolute Gasteiger partial charge is 0.281 e. The van der Waals surface area contributed by atoms with Crippen molar-refractivity contribution in [2.24, 2.45) is 7.05 Å². The maximum absolute atomic E-state index is 4.26. The SMILES string of the molecule is C[C@@H](c1cccnc1)N(c1ccccc1)c1cccc[n+]1C. The normalized spacial score (nSPS) is 11.9. The van der Waals surface area contributed by atoms with Crippen LogP contribution in [0.2, 0.25) is 0 Å². The molecule has 0 bridgehead atoms. The Bertz CT molecular complexity index is 726. The molecule has 0 radical (unpaired) electrons. The molecule has 3 aromatic rings. The monoisotopic (exact) mass is 290 g/mol. The van der Waals surface area contributed by atoms with Crippen molar-refractivity contribution in [3.05, 3.63) is 84.8 Å². The number of hydrogen-bond acceptors (Lipinski definition) is 2. The van der Waals surface area contributed by atoms with Crippen molar-refractivity contribution in [1.29, 1.82) is 0 Å². The van der Waals surface area contributed by atoms with Crippen molar-refractivity contribution in [3.8, 4) is 0 Å². The van der Waals surface area contributed by atoms with Gasteiger partial charge in [0.15, 0.2) is 0 Å². The molecule has 3 rings (SSSR count). The van der Waals surface area contributed by atoms with Gasteiger partial charge in [-0.2, -0.15) is 0 Å². The van der Waals surface area contributed by atoms with E-state index in [9.17, 15) is 0 Å². The summed E-state index contributed by atoms with van der Waals surface area (Å²) in [5.41, 5.74) is 2.36. The molecule has 0 N–H and O–H groups in total. The molecule has 1 aromatic carbocycles. The average Bonchev–Trinajstić information content (AvgIpc) is 2.58. The van der Waals surface area contributed by atoms with Gasteiger partial charge in [0.1, 0.15) is 11.7 Å². The lowest BCUT2D eigenvalue weighted by Gasteiger charge is -2.24. The zero-order valence-corrected chi connectivity index (χ0v) is 12.9. The van der Waals surface area contributed by atoms with Gasteiger partial charge < -0.3 is 0 Å². The van der Waals surface area contributed by atoms with Gasteiger partial charge in [0.05, 0.1) is 13.2 Å². The summed E-state index contributed by atoms with van der Waals surface area (Å²) >= 11 is 0. The number of anilines is 2. The van der Waals surface area contributed by atoms with Crippen LogP contribution in [0.3, 0.4) is 0 Å². The Morgan fingerprint density at radius 2 is 1.73 bits per heavy atom. The molecule has 0 amide bonds. The Morgan fingerprint density at radius 1 is 0.955 bits per heavy atom. The first-order valence-corrected chi connectivity index (χ1v) is 7.46. The third kappa shape index (κ3) is 2.84. The van der Waals surface area contributed by atoms with Crippen LogP contribution in [0.15, 0.2) is 79.3 Å². The van der Waals surface area contributed by atoms with E-state index in [-0.39, 0.29) is 6.04 Å². The average molecular weight is 290 g/mol. The number of aromatic nitrogens is 2. The molecule has 3 heteroatoms. The van der Waals surface area contributed by atoms with Crippen LogP contribution in [0.5, 0.6) is 0 Å². The Balaban J connectivity index is 2.10. The van der Waals surface area contributed by atoms with Gasteiger partial charge in [0, 0.05) is 24.0 Å². The Kier molecular flexibility index (Phi) is 4.15. The minimum absolute atomic E-state index is 0.185. The maximum Gasteiger partial charge on any atom is 0.281 e. The van der Waals surface area contributed by atoms with Gasteiger partial charge in [-0.05, 0) is 31.2 Å². The van der Waals surface area contributed by atoms with Crippen LogP contribution in [0, 0.1) is 0 Å². The van der Waals surface area contributed by atoms with E-state index in [1.165, 1.54) is 11.3 Å². The number of aryl methyl sites for hydroxylation is 1. The first-order valence-electron chi connectivity index (χ1n) is 7.46. The predicted octanol–water partition coefficient (Wildman–Crippen LogP) is 3.81. The lowest BCUT2D eigenvalue weighted by Crippen LogP contribution is -2.37. The van der Waals surface area contributed by atoms with Crippen LogP contribution in [0.1, 0.15) is 18.5 Å². The predicted molar refractivity (Wildman–Crippen MR) is 88.9 cm³/mol. The summed E-state index contributed by atoms with van der Waals surface area (Å²) in [6.07, 6.45) is 5.82. The van der Waals surface area contributed by atoms with Crippen molar-refractivity contribution in [3.63, 3.8) is 0 Å².